The van der Waals surface area contributed by atoms with Crippen LogP contribution in [-0.2, 0) is 4.79 Å². The van der Waals surface area contributed by atoms with Crippen LogP contribution in [0.15, 0.2) is 24.3 Å². The molecule has 0 heterocycles. The fourth-order valence-electron chi connectivity index (χ4n) is 2.07. The van der Waals surface area contributed by atoms with Gasteiger partial charge in [-0.15, -0.1) is 0 Å². The number of carbonyl (C=O) groups excluding carboxylic acids is 1. The normalized spacial score (nSPS) is 17.3. The van der Waals surface area contributed by atoms with Crippen molar-refractivity contribution in [3.05, 3.63) is 29.8 Å². The summed E-state index contributed by atoms with van der Waals surface area (Å²) in [6, 6.07) is 7.76. The zero-order valence-electron chi connectivity index (χ0n) is 10.3. The molecule has 0 aliphatic heterocycles. The Kier molecular flexibility index (Phi) is 3.79. The van der Waals surface area contributed by atoms with Gasteiger partial charge in [-0.3, -0.25) is 4.79 Å². The van der Waals surface area contributed by atoms with E-state index in [1.54, 1.807) is 0 Å². The maximum atomic E-state index is 11.8. The molecule has 0 bridgehead atoms. The van der Waals surface area contributed by atoms with Gasteiger partial charge < -0.3 is 11.1 Å². The third-order valence-electron chi connectivity index (χ3n) is 3.39. The minimum atomic E-state index is -0.00140. The Labute approximate surface area is 102 Å². The zero-order chi connectivity index (χ0) is 12.3. The maximum absolute atomic E-state index is 11.8. The highest BCUT2D eigenvalue weighted by molar-refractivity contribution is 5.90. The number of nitrogens with one attached hydrogen (secondary N) is 1. The van der Waals surface area contributed by atoms with Gasteiger partial charge in [0.15, 0.2) is 0 Å². The van der Waals surface area contributed by atoms with Crippen LogP contribution in [0.25, 0.3) is 0 Å². The highest BCUT2D eigenvalue weighted by Gasteiger charge is 2.20. The van der Waals surface area contributed by atoms with Gasteiger partial charge >= 0.3 is 0 Å². The van der Waals surface area contributed by atoms with Gasteiger partial charge in [0.05, 0.1) is 0 Å². The molecule has 1 aromatic carbocycles. The predicted molar refractivity (Wildman–Crippen MR) is 69.6 cm³/mol. The second kappa shape index (κ2) is 5.32. The first-order valence-electron chi connectivity index (χ1n) is 6.30. The van der Waals surface area contributed by atoms with Gasteiger partial charge in [0, 0.05) is 18.2 Å². The van der Waals surface area contributed by atoms with Crippen molar-refractivity contribution in [2.24, 2.45) is 11.7 Å². The Morgan fingerprint density at radius 1 is 1.53 bits per heavy atom. The van der Waals surface area contributed by atoms with Gasteiger partial charge in [0.1, 0.15) is 0 Å². The van der Waals surface area contributed by atoms with Crippen molar-refractivity contribution in [3.63, 3.8) is 0 Å². The highest BCUT2D eigenvalue weighted by Crippen LogP contribution is 2.29. The molecule has 0 aromatic heterocycles. The largest absolute Gasteiger partial charge is 0.326 e. The lowest BCUT2D eigenvalue weighted by Crippen LogP contribution is -2.21. The van der Waals surface area contributed by atoms with E-state index in [0.29, 0.717) is 12.3 Å². The van der Waals surface area contributed by atoms with Gasteiger partial charge in [-0.1, -0.05) is 18.6 Å². The molecule has 3 heteroatoms. The summed E-state index contributed by atoms with van der Waals surface area (Å²) >= 11 is 0. The summed E-state index contributed by atoms with van der Waals surface area (Å²) in [7, 11) is 0. The number of amides is 1. The van der Waals surface area contributed by atoms with Crippen LogP contribution in [0.1, 0.15) is 44.2 Å². The Balaban J connectivity index is 1.92. The smallest absolute Gasteiger partial charge is 0.224 e. The van der Waals surface area contributed by atoms with E-state index in [1.807, 2.05) is 31.2 Å². The zero-order valence-corrected chi connectivity index (χ0v) is 10.3. The molecule has 1 fully saturated rings. The first-order chi connectivity index (χ1) is 8.15. The molecule has 2 rings (SSSR count). The Morgan fingerprint density at radius 3 is 2.88 bits per heavy atom. The van der Waals surface area contributed by atoms with Crippen molar-refractivity contribution < 1.29 is 4.79 Å². The van der Waals surface area contributed by atoms with E-state index < -0.39 is 0 Å². The molecule has 92 valence electrons. The lowest BCUT2D eigenvalue weighted by Gasteiger charge is -2.24. The molecule has 0 radical (unpaired) electrons. The average Bonchev–Trinajstić information content (AvgIpc) is 2.24. The molecular formula is C14H20N2O. The number of nitrogens with two attached hydrogens (primary N) is 1. The van der Waals surface area contributed by atoms with Gasteiger partial charge in [0.25, 0.3) is 0 Å². The van der Waals surface area contributed by atoms with Crippen molar-refractivity contribution in [1.82, 2.24) is 0 Å². The van der Waals surface area contributed by atoms with Crippen molar-refractivity contribution in [3.8, 4) is 0 Å². The van der Waals surface area contributed by atoms with Crippen LogP contribution in [-0.4, -0.2) is 5.91 Å². The summed E-state index contributed by atoms with van der Waals surface area (Å²) in [5, 5.41) is 2.94. The number of anilines is 1. The molecule has 1 aliphatic carbocycles. The summed E-state index contributed by atoms with van der Waals surface area (Å²) in [6.07, 6.45) is 4.33. The van der Waals surface area contributed by atoms with Crippen LogP contribution < -0.4 is 11.1 Å². The van der Waals surface area contributed by atoms with Crippen molar-refractivity contribution in [1.29, 1.82) is 0 Å². The third-order valence-corrected chi connectivity index (χ3v) is 3.39. The summed E-state index contributed by atoms with van der Waals surface area (Å²) in [6.45, 7) is 1.94. The van der Waals surface area contributed by atoms with Crippen LogP contribution in [0, 0.1) is 5.92 Å². The molecule has 1 unspecified atom stereocenters. The molecule has 0 saturated heterocycles. The lowest BCUT2D eigenvalue weighted by molar-refractivity contribution is -0.117. The SMILES string of the molecule is CC(N)c1cccc(NC(=O)CC2CCC2)c1. The van der Waals surface area contributed by atoms with Crippen LogP contribution >= 0.6 is 0 Å². The Bertz CT molecular complexity index is 397. The summed E-state index contributed by atoms with van der Waals surface area (Å²) in [5.74, 6) is 0.725. The van der Waals surface area contributed by atoms with Crippen molar-refractivity contribution in [2.45, 2.75) is 38.6 Å². The Morgan fingerprint density at radius 2 is 2.29 bits per heavy atom. The number of carbonyl (C=O) groups is 1. The summed E-state index contributed by atoms with van der Waals surface area (Å²) in [4.78, 5) is 11.8. The van der Waals surface area contributed by atoms with Crippen molar-refractivity contribution in [2.75, 3.05) is 5.32 Å². The Hall–Kier alpha value is -1.35. The molecule has 1 aliphatic rings. The van der Waals surface area contributed by atoms with E-state index in [4.69, 9.17) is 5.73 Å². The van der Waals surface area contributed by atoms with Gasteiger partial charge in [0.2, 0.25) is 5.91 Å². The average molecular weight is 232 g/mol. The van der Waals surface area contributed by atoms with Gasteiger partial charge in [-0.05, 0) is 43.4 Å². The van der Waals surface area contributed by atoms with E-state index in [-0.39, 0.29) is 11.9 Å². The van der Waals surface area contributed by atoms with E-state index in [0.717, 1.165) is 11.3 Å². The predicted octanol–water partition coefficient (Wildman–Crippen LogP) is 2.84. The van der Waals surface area contributed by atoms with Gasteiger partial charge in [-0.2, -0.15) is 0 Å². The molecule has 1 saturated carbocycles. The van der Waals surface area contributed by atoms with E-state index >= 15 is 0 Å². The molecule has 1 atom stereocenters. The summed E-state index contributed by atoms with van der Waals surface area (Å²) in [5.41, 5.74) is 7.71. The van der Waals surface area contributed by atoms with Crippen LogP contribution in [0.2, 0.25) is 0 Å². The quantitative estimate of drug-likeness (QED) is 0.838. The van der Waals surface area contributed by atoms with Crippen LogP contribution in [0.3, 0.4) is 0 Å². The summed E-state index contributed by atoms with van der Waals surface area (Å²) < 4.78 is 0. The topological polar surface area (TPSA) is 55.1 Å². The van der Waals surface area contributed by atoms with Crippen LogP contribution in [0.5, 0.6) is 0 Å². The van der Waals surface area contributed by atoms with Gasteiger partial charge in [-0.25, -0.2) is 0 Å². The van der Waals surface area contributed by atoms with E-state index in [9.17, 15) is 4.79 Å². The molecule has 0 spiro atoms. The fourth-order valence-corrected chi connectivity index (χ4v) is 2.07. The molecule has 17 heavy (non-hydrogen) atoms. The maximum Gasteiger partial charge on any atom is 0.224 e. The lowest BCUT2D eigenvalue weighted by atomic mass is 9.83. The van der Waals surface area contributed by atoms with E-state index in [2.05, 4.69) is 5.32 Å². The molecule has 3 N–H and O–H groups in total. The van der Waals surface area contributed by atoms with Crippen molar-refractivity contribution >= 4 is 11.6 Å². The first kappa shape index (κ1) is 12.1. The second-order valence-corrected chi connectivity index (χ2v) is 4.96. The standard InChI is InChI=1S/C14H20N2O/c1-10(15)12-6-3-7-13(9-12)16-14(17)8-11-4-2-5-11/h3,6-7,9-11H,2,4-5,8,15H2,1H3,(H,16,17). The minimum Gasteiger partial charge on any atom is -0.326 e. The fraction of sp³-hybridized carbons (Fsp3) is 0.500. The minimum absolute atomic E-state index is 0.00140. The first-order valence-corrected chi connectivity index (χ1v) is 6.30. The monoisotopic (exact) mass is 232 g/mol. The number of benzene rings is 1. The highest BCUT2D eigenvalue weighted by atomic mass is 16.1. The molecule has 1 amide bonds. The molecule has 3 nitrogen and oxygen atoms in total. The number of rotatable bonds is 4. The van der Waals surface area contributed by atoms with Crippen LogP contribution in [0.4, 0.5) is 5.69 Å². The number of hydrogen-bond acceptors (Lipinski definition) is 2. The molecule has 1 aromatic rings. The third kappa shape index (κ3) is 3.30. The molecular weight excluding hydrogens is 212 g/mol. The number of hydrogen-bond donors (Lipinski definition) is 2. The second-order valence-electron chi connectivity index (χ2n) is 4.96. The van der Waals surface area contributed by atoms with E-state index in [1.165, 1.54) is 19.3 Å².